The number of rotatable bonds is 6. The quantitative estimate of drug-likeness (QED) is 0.884. The zero-order valence-corrected chi connectivity index (χ0v) is 13.6. The number of carbonyl (C=O) groups excluding carboxylic acids is 2. The molecule has 2 amide bonds. The van der Waals surface area contributed by atoms with Gasteiger partial charge in [-0.1, -0.05) is 37.3 Å². The molecule has 0 unspecified atom stereocenters. The van der Waals surface area contributed by atoms with E-state index in [-0.39, 0.29) is 11.8 Å². The van der Waals surface area contributed by atoms with Crippen LogP contribution < -0.4 is 5.32 Å². The Morgan fingerprint density at radius 3 is 2.26 bits per heavy atom. The highest BCUT2D eigenvalue weighted by atomic mass is 16.2. The van der Waals surface area contributed by atoms with E-state index in [1.807, 2.05) is 37.3 Å². The van der Waals surface area contributed by atoms with Crippen LogP contribution in [0.5, 0.6) is 0 Å². The summed E-state index contributed by atoms with van der Waals surface area (Å²) in [5.74, 6) is -0.0481. The second-order valence-electron chi connectivity index (χ2n) is 5.52. The van der Waals surface area contributed by atoms with Crippen molar-refractivity contribution in [3.05, 3.63) is 65.7 Å². The number of benzene rings is 2. The highest BCUT2D eigenvalue weighted by Crippen LogP contribution is 2.13. The smallest absolute Gasteiger partial charge is 0.253 e. The Morgan fingerprint density at radius 1 is 1.00 bits per heavy atom. The molecular formula is C19H22N2O2. The van der Waals surface area contributed by atoms with Crippen molar-refractivity contribution in [2.24, 2.45) is 0 Å². The normalized spacial score (nSPS) is 10.2. The number of hydrogen-bond acceptors (Lipinski definition) is 2. The van der Waals surface area contributed by atoms with Crippen molar-refractivity contribution in [2.75, 3.05) is 12.4 Å². The second-order valence-corrected chi connectivity index (χ2v) is 5.52. The monoisotopic (exact) mass is 310 g/mol. The number of nitrogens with one attached hydrogen (secondary N) is 1. The third kappa shape index (κ3) is 4.95. The summed E-state index contributed by atoms with van der Waals surface area (Å²) in [6, 6.07) is 16.9. The first-order chi connectivity index (χ1) is 11.1. The molecule has 2 aromatic rings. The van der Waals surface area contributed by atoms with Crippen molar-refractivity contribution >= 4 is 17.5 Å². The minimum Gasteiger partial charge on any atom is -0.337 e. The van der Waals surface area contributed by atoms with Gasteiger partial charge in [0.05, 0.1) is 0 Å². The summed E-state index contributed by atoms with van der Waals surface area (Å²) >= 11 is 0. The van der Waals surface area contributed by atoms with Gasteiger partial charge in [0.25, 0.3) is 5.91 Å². The maximum absolute atomic E-state index is 12.4. The van der Waals surface area contributed by atoms with Crippen molar-refractivity contribution < 1.29 is 9.59 Å². The molecule has 0 heterocycles. The van der Waals surface area contributed by atoms with E-state index in [1.54, 1.807) is 36.2 Å². The van der Waals surface area contributed by atoms with Crippen LogP contribution in [0, 0.1) is 0 Å². The van der Waals surface area contributed by atoms with Crippen molar-refractivity contribution in [3.63, 3.8) is 0 Å². The summed E-state index contributed by atoms with van der Waals surface area (Å²) in [6.45, 7) is 2.53. The molecule has 0 saturated heterocycles. The molecule has 0 saturated carbocycles. The number of amides is 2. The molecule has 0 radical (unpaired) electrons. The largest absolute Gasteiger partial charge is 0.337 e. The Balaban J connectivity index is 1.98. The Bertz CT molecular complexity index is 651. The number of hydrogen-bond donors (Lipinski definition) is 1. The molecule has 0 aliphatic heterocycles. The van der Waals surface area contributed by atoms with E-state index in [9.17, 15) is 9.59 Å². The van der Waals surface area contributed by atoms with Crippen LogP contribution in [0.2, 0.25) is 0 Å². The van der Waals surface area contributed by atoms with Crippen LogP contribution in [-0.2, 0) is 11.3 Å². The van der Waals surface area contributed by atoms with E-state index in [2.05, 4.69) is 5.32 Å². The Hall–Kier alpha value is -2.62. The summed E-state index contributed by atoms with van der Waals surface area (Å²) in [6.07, 6.45) is 1.31. The van der Waals surface area contributed by atoms with Crippen LogP contribution in [0.15, 0.2) is 54.6 Å². The Morgan fingerprint density at radius 2 is 1.65 bits per heavy atom. The summed E-state index contributed by atoms with van der Waals surface area (Å²) in [5, 5.41) is 2.81. The Kier molecular flexibility index (Phi) is 5.92. The first-order valence-corrected chi connectivity index (χ1v) is 7.79. The summed E-state index contributed by atoms with van der Waals surface area (Å²) in [7, 11) is 1.78. The van der Waals surface area contributed by atoms with Crippen LogP contribution in [0.1, 0.15) is 35.7 Å². The molecule has 0 fully saturated rings. The van der Waals surface area contributed by atoms with Gasteiger partial charge in [0.2, 0.25) is 5.91 Å². The molecule has 2 rings (SSSR count). The minimum atomic E-state index is -0.0414. The van der Waals surface area contributed by atoms with E-state index in [1.165, 1.54) is 0 Å². The second kappa shape index (κ2) is 8.13. The van der Waals surface area contributed by atoms with Crippen LogP contribution in [-0.4, -0.2) is 23.8 Å². The molecule has 120 valence electrons. The molecule has 0 aliphatic rings. The van der Waals surface area contributed by atoms with E-state index >= 15 is 0 Å². The average molecular weight is 310 g/mol. The van der Waals surface area contributed by atoms with Gasteiger partial charge in [-0.25, -0.2) is 0 Å². The fourth-order valence-electron chi connectivity index (χ4n) is 2.30. The van der Waals surface area contributed by atoms with Gasteiger partial charge in [-0.15, -0.1) is 0 Å². The highest BCUT2D eigenvalue weighted by Gasteiger charge is 2.12. The van der Waals surface area contributed by atoms with Gasteiger partial charge < -0.3 is 10.2 Å². The van der Waals surface area contributed by atoms with Crippen molar-refractivity contribution in [3.8, 4) is 0 Å². The predicted molar refractivity (Wildman–Crippen MR) is 92.2 cm³/mol. The highest BCUT2D eigenvalue weighted by molar-refractivity contribution is 5.95. The van der Waals surface area contributed by atoms with Gasteiger partial charge in [-0.3, -0.25) is 9.59 Å². The van der Waals surface area contributed by atoms with E-state index in [4.69, 9.17) is 0 Å². The standard InChI is InChI=1S/C19H22N2O2/c1-3-7-18(22)20-17-12-10-16(11-13-17)19(23)21(2)14-15-8-5-4-6-9-15/h4-6,8-13H,3,7,14H2,1-2H3,(H,20,22). The van der Waals surface area contributed by atoms with Gasteiger partial charge in [-0.2, -0.15) is 0 Å². The van der Waals surface area contributed by atoms with Crippen LogP contribution in [0.25, 0.3) is 0 Å². The number of nitrogens with zero attached hydrogens (tertiary/aromatic N) is 1. The lowest BCUT2D eigenvalue weighted by atomic mass is 10.1. The molecule has 0 atom stereocenters. The summed E-state index contributed by atoms with van der Waals surface area (Å²) in [4.78, 5) is 25.7. The lowest BCUT2D eigenvalue weighted by Gasteiger charge is -2.17. The van der Waals surface area contributed by atoms with Gasteiger partial charge in [0.15, 0.2) is 0 Å². The third-order valence-corrected chi connectivity index (χ3v) is 3.50. The minimum absolute atomic E-state index is 0.00669. The molecule has 0 spiro atoms. The van der Waals surface area contributed by atoms with Crippen LogP contribution in [0.4, 0.5) is 5.69 Å². The Labute approximate surface area is 137 Å². The van der Waals surface area contributed by atoms with Gasteiger partial charge in [0.1, 0.15) is 0 Å². The lowest BCUT2D eigenvalue weighted by Crippen LogP contribution is -2.26. The molecule has 0 aromatic heterocycles. The number of anilines is 1. The number of carbonyl (C=O) groups is 2. The average Bonchev–Trinajstić information content (AvgIpc) is 2.56. The predicted octanol–water partition coefficient (Wildman–Crippen LogP) is 3.70. The van der Waals surface area contributed by atoms with Crippen molar-refractivity contribution in [1.29, 1.82) is 0 Å². The molecule has 0 aliphatic carbocycles. The SMILES string of the molecule is CCCC(=O)Nc1ccc(C(=O)N(C)Cc2ccccc2)cc1. The maximum atomic E-state index is 12.4. The zero-order chi connectivity index (χ0) is 16.7. The zero-order valence-electron chi connectivity index (χ0n) is 13.6. The molecule has 2 aromatic carbocycles. The first kappa shape index (κ1) is 16.7. The molecule has 4 nitrogen and oxygen atoms in total. The summed E-state index contributed by atoms with van der Waals surface area (Å²) in [5.41, 5.74) is 2.41. The van der Waals surface area contributed by atoms with Crippen molar-refractivity contribution in [2.45, 2.75) is 26.3 Å². The first-order valence-electron chi connectivity index (χ1n) is 7.79. The van der Waals surface area contributed by atoms with Gasteiger partial charge in [-0.05, 0) is 36.2 Å². The fourth-order valence-corrected chi connectivity index (χ4v) is 2.30. The van der Waals surface area contributed by atoms with Gasteiger partial charge >= 0.3 is 0 Å². The van der Waals surface area contributed by atoms with E-state index in [0.717, 1.165) is 12.0 Å². The fraction of sp³-hybridized carbons (Fsp3) is 0.263. The van der Waals surface area contributed by atoms with Gasteiger partial charge in [0, 0.05) is 31.3 Å². The van der Waals surface area contributed by atoms with Crippen LogP contribution >= 0.6 is 0 Å². The van der Waals surface area contributed by atoms with E-state index in [0.29, 0.717) is 24.2 Å². The van der Waals surface area contributed by atoms with Crippen molar-refractivity contribution in [1.82, 2.24) is 4.90 Å². The molecule has 23 heavy (non-hydrogen) atoms. The maximum Gasteiger partial charge on any atom is 0.253 e. The van der Waals surface area contributed by atoms with Crippen LogP contribution in [0.3, 0.4) is 0 Å². The van der Waals surface area contributed by atoms with E-state index < -0.39 is 0 Å². The molecule has 1 N–H and O–H groups in total. The summed E-state index contributed by atoms with van der Waals surface area (Å²) < 4.78 is 0. The third-order valence-electron chi connectivity index (χ3n) is 3.50. The lowest BCUT2D eigenvalue weighted by molar-refractivity contribution is -0.116. The molecule has 0 bridgehead atoms. The molecule has 4 heteroatoms. The molecular weight excluding hydrogens is 288 g/mol. The topological polar surface area (TPSA) is 49.4 Å².